The minimum absolute atomic E-state index is 0.0130. The number of benzene rings is 1. The molecule has 0 N–H and O–H groups in total. The average Bonchev–Trinajstić information content (AvgIpc) is 2.81. The Morgan fingerprint density at radius 2 is 1.87 bits per heavy atom. The number of fused-ring (bicyclic) bond motifs is 1. The van der Waals surface area contributed by atoms with Crippen molar-refractivity contribution in [3.05, 3.63) is 41.3 Å². The first-order valence-corrected chi connectivity index (χ1v) is 8.40. The summed E-state index contributed by atoms with van der Waals surface area (Å²) in [7, 11) is 1.89. The van der Waals surface area contributed by atoms with E-state index in [1.165, 1.54) is 37.8 Å². The quantitative estimate of drug-likeness (QED) is 0.766. The van der Waals surface area contributed by atoms with Crippen molar-refractivity contribution in [3.63, 3.8) is 0 Å². The fourth-order valence-electron chi connectivity index (χ4n) is 3.51. The molecule has 1 heterocycles. The van der Waals surface area contributed by atoms with Crippen molar-refractivity contribution in [2.75, 3.05) is 7.05 Å². The van der Waals surface area contributed by atoms with Crippen LogP contribution in [0.4, 0.5) is 4.39 Å². The predicted molar refractivity (Wildman–Crippen MR) is 90.0 cm³/mol. The third-order valence-electron chi connectivity index (χ3n) is 4.82. The molecule has 1 amide bonds. The fraction of sp³-hybridized carbons (Fsp3) is 0.474. The number of carbonyl (C=O) groups is 1. The lowest BCUT2D eigenvalue weighted by atomic mass is 10.0. The number of hydrogen-bond donors (Lipinski definition) is 0. The second-order valence-corrected chi connectivity index (χ2v) is 6.53. The van der Waals surface area contributed by atoms with E-state index in [1.54, 1.807) is 6.07 Å². The van der Waals surface area contributed by atoms with Crippen molar-refractivity contribution < 1.29 is 9.18 Å². The summed E-state index contributed by atoms with van der Waals surface area (Å²) in [6, 6.07) is 6.56. The summed E-state index contributed by atoms with van der Waals surface area (Å²) in [5.41, 5.74) is 1.91. The Labute approximate surface area is 136 Å². The van der Waals surface area contributed by atoms with Crippen LogP contribution in [0.5, 0.6) is 0 Å². The molecule has 1 aliphatic rings. The summed E-state index contributed by atoms with van der Waals surface area (Å²) >= 11 is 0. The second kappa shape index (κ2) is 6.65. The van der Waals surface area contributed by atoms with Crippen LogP contribution in [-0.4, -0.2) is 28.9 Å². The molecule has 0 atom stereocenters. The topological polar surface area (TPSA) is 33.2 Å². The van der Waals surface area contributed by atoms with Gasteiger partial charge in [0.25, 0.3) is 5.91 Å². The second-order valence-electron chi connectivity index (χ2n) is 6.53. The third kappa shape index (κ3) is 3.36. The first-order chi connectivity index (χ1) is 11.1. The Bertz CT molecular complexity index is 715. The molecular formula is C19H23FN2O. The molecule has 1 aromatic heterocycles. The lowest BCUT2D eigenvalue weighted by Crippen LogP contribution is -2.36. The van der Waals surface area contributed by atoms with Crippen LogP contribution in [0.2, 0.25) is 0 Å². The molecule has 0 unspecified atom stereocenters. The van der Waals surface area contributed by atoms with Gasteiger partial charge in [0.1, 0.15) is 5.82 Å². The van der Waals surface area contributed by atoms with Gasteiger partial charge in [0.2, 0.25) is 0 Å². The van der Waals surface area contributed by atoms with E-state index in [2.05, 4.69) is 4.98 Å². The van der Waals surface area contributed by atoms with E-state index in [0.717, 1.165) is 23.9 Å². The summed E-state index contributed by atoms with van der Waals surface area (Å²) in [5.74, 6) is -0.315. The summed E-state index contributed by atoms with van der Waals surface area (Å²) < 4.78 is 13.5. The molecule has 1 fully saturated rings. The zero-order valence-corrected chi connectivity index (χ0v) is 13.8. The number of nitrogens with zero attached hydrogens (tertiary/aromatic N) is 2. The number of amides is 1. The number of hydrogen-bond acceptors (Lipinski definition) is 2. The summed E-state index contributed by atoms with van der Waals surface area (Å²) in [4.78, 5) is 19.2. The highest BCUT2D eigenvalue weighted by Gasteiger charge is 2.24. The number of aryl methyl sites for hydroxylation is 1. The smallest absolute Gasteiger partial charge is 0.254 e. The van der Waals surface area contributed by atoms with Crippen molar-refractivity contribution in [2.24, 2.45) is 0 Å². The van der Waals surface area contributed by atoms with Crippen molar-refractivity contribution in [1.29, 1.82) is 0 Å². The zero-order valence-electron chi connectivity index (χ0n) is 13.8. The Kier molecular flexibility index (Phi) is 4.60. The lowest BCUT2D eigenvalue weighted by Gasteiger charge is -2.27. The highest BCUT2D eigenvalue weighted by atomic mass is 19.1. The van der Waals surface area contributed by atoms with E-state index in [9.17, 15) is 9.18 Å². The van der Waals surface area contributed by atoms with Crippen molar-refractivity contribution >= 4 is 16.8 Å². The number of carbonyl (C=O) groups excluding carboxylic acids is 1. The van der Waals surface area contributed by atoms with Gasteiger partial charge in [0.05, 0.1) is 11.1 Å². The SMILES string of the molecule is Cc1cc(C(=O)N(C)C2CCCCCC2)c2ccc(F)cc2n1. The van der Waals surface area contributed by atoms with Crippen LogP contribution < -0.4 is 0 Å². The van der Waals surface area contributed by atoms with Crippen molar-refractivity contribution in [2.45, 2.75) is 51.5 Å². The van der Waals surface area contributed by atoms with E-state index in [0.29, 0.717) is 17.1 Å². The molecule has 0 radical (unpaired) electrons. The van der Waals surface area contributed by atoms with Crippen LogP contribution in [0.3, 0.4) is 0 Å². The van der Waals surface area contributed by atoms with Gasteiger partial charge < -0.3 is 4.90 Å². The van der Waals surface area contributed by atoms with Gasteiger partial charge in [-0.1, -0.05) is 25.7 Å². The first kappa shape index (κ1) is 15.9. The molecule has 4 heteroatoms. The van der Waals surface area contributed by atoms with Gasteiger partial charge in [-0.25, -0.2) is 4.39 Å². The maximum Gasteiger partial charge on any atom is 0.254 e. The van der Waals surface area contributed by atoms with E-state index in [1.807, 2.05) is 24.9 Å². The molecule has 0 saturated heterocycles. The Balaban J connectivity index is 1.96. The van der Waals surface area contributed by atoms with Gasteiger partial charge >= 0.3 is 0 Å². The van der Waals surface area contributed by atoms with Crippen LogP contribution >= 0.6 is 0 Å². The highest BCUT2D eigenvalue weighted by molar-refractivity contribution is 6.06. The van der Waals surface area contributed by atoms with Gasteiger partial charge in [-0.15, -0.1) is 0 Å². The van der Waals surface area contributed by atoms with E-state index in [-0.39, 0.29) is 11.7 Å². The summed E-state index contributed by atoms with van der Waals surface area (Å²) in [5, 5.41) is 0.725. The molecule has 0 bridgehead atoms. The maximum atomic E-state index is 13.5. The normalized spacial score (nSPS) is 16.3. The van der Waals surface area contributed by atoms with Crippen molar-refractivity contribution in [3.8, 4) is 0 Å². The van der Waals surface area contributed by atoms with Crippen LogP contribution in [0.1, 0.15) is 54.6 Å². The van der Waals surface area contributed by atoms with Crippen molar-refractivity contribution in [1.82, 2.24) is 9.88 Å². The molecule has 2 aromatic rings. The molecule has 122 valence electrons. The van der Waals surface area contributed by atoms with Crippen LogP contribution in [0, 0.1) is 12.7 Å². The predicted octanol–water partition coefficient (Wildman–Crippen LogP) is 4.48. The molecule has 1 aliphatic carbocycles. The van der Waals surface area contributed by atoms with Crippen LogP contribution in [0.15, 0.2) is 24.3 Å². The van der Waals surface area contributed by atoms with E-state index in [4.69, 9.17) is 0 Å². The third-order valence-corrected chi connectivity index (χ3v) is 4.82. The zero-order chi connectivity index (χ0) is 16.4. The largest absolute Gasteiger partial charge is 0.339 e. The number of pyridine rings is 1. The number of aromatic nitrogens is 1. The highest BCUT2D eigenvalue weighted by Crippen LogP contribution is 2.25. The molecule has 3 rings (SSSR count). The molecular weight excluding hydrogens is 291 g/mol. The van der Waals surface area contributed by atoms with Gasteiger partial charge in [0, 0.05) is 30.2 Å². The molecule has 1 saturated carbocycles. The van der Waals surface area contributed by atoms with Crippen LogP contribution in [0.25, 0.3) is 10.9 Å². The fourth-order valence-corrected chi connectivity index (χ4v) is 3.51. The van der Waals surface area contributed by atoms with Crippen LogP contribution in [-0.2, 0) is 0 Å². The minimum Gasteiger partial charge on any atom is -0.339 e. The van der Waals surface area contributed by atoms with Gasteiger partial charge in [-0.2, -0.15) is 0 Å². The van der Waals surface area contributed by atoms with Gasteiger partial charge in [-0.3, -0.25) is 9.78 Å². The van der Waals surface area contributed by atoms with Gasteiger partial charge in [-0.05, 0) is 38.0 Å². The number of halogens is 1. The first-order valence-electron chi connectivity index (χ1n) is 8.40. The Morgan fingerprint density at radius 3 is 2.57 bits per heavy atom. The Morgan fingerprint density at radius 1 is 1.17 bits per heavy atom. The molecule has 0 aliphatic heterocycles. The molecule has 23 heavy (non-hydrogen) atoms. The average molecular weight is 314 g/mol. The van der Waals surface area contributed by atoms with Gasteiger partial charge in [0.15, 0.2) is 0 Å². The maximum absolute atomic E-state index is 13.5. The molecule has 3 nitrogen and oxygen atoms in total. The van der Waals surface area contributed by atoms with E-state index < -0.39 is 0 Å². The minimum atomic E-state index is -0.328. The summed E-state index contributed by atoms with van der Waals surface area (Å²) in [6.07, 6.45) is 7.02. The van der Waals surface area contributed by atoms with E-state index >= 15 is 0 Å². The summed E-state index contributed by atoms with van der Waals surface area (Å²) in [6.45, 7) is 1.84. The standard InChI is InChI=1S/C19H23FN2O/c1-13-11-17(16-10-9-14(20)12-18(16)21-13)19(23)22(2)15-7-5-3-4-6-8-15/h9-12,15H,3-8H2,1-2H3. The Hall–Kier alpha value is -1.97. The lowest BCUT2D eigenvalue weighted by molar-refractivity contribution is 0.0719. The molecule has 0 spiro atoms. The monoisotopic (exact) mass is 314 g/mol. The number of rotatable bonds is 2. The molecule has 1 aromatic carbocycles.